The van der Waals surface area contributed by atoms with Crippen molar-refractivity contribution in [2.45, 2.75) is 26.3 Å². The highest BCUT2D eigenvalue weighted by atomic mass is 16.4. The van der Waals surface area contributed by atoms with Crippen LogP contribution in [0.15, 0.2) is 24.3 Å². The Bertz CT molecular complexity index is 370. The highest BCUT2D eigenvalue weighted by Gasteiger charge is 2.01. The van der Waals surface area contributed by atoms with Crippen LogP contribution in [-0.2, 0) is 16.1 Å². The minimum atomic E-state index is -1.20. The van der Waals surface area contributed by atoms with E-state index >= 15 is 0 Å². The summed E-state index contributed by atoms with van der Waals surface area (Å²) in [6.45, 7) is 2.41. The van der Waals surface area contributed by atoms with E-state index in [1.54, 1.807) is 0 Å². The van der Waals surface area contributed by atoms with Crippen molar-refractivity contribution in [3.05, 3.63) is 35.4 Å². The number of carboxylic acids is 1. The van der Waals surface area contributed by atoms with Gasteiger partial charge in [0.05, 0.1) is 0 Å². The van der Waals surface area contributed by atoms with Gasteiger partial charge in [0, 0.05) is 18.9 Å². The van der Waals surface area contributed by atoms with Crippen LogP contribution in [0.1, 0.15) is 24.0 Å². The molecular weight excluding hydrogens is 206 g/mol. The van der Waals surface area contributed by atoms with Crippen molar-refractivity contribution in [1.29, 1.82) is 0 Å². The lowest BCUT2D eigenvalue weighted by Gasteiger charge is -2.06. The summed E-state index contributed by atoms with van der Waals surface area (Å²) in [6.07, 6.45) is -0.270. The summed E-state index contributed by atoms with van der Waals surface area (Å²) < 4.78 is 0. The molecule has 1 aromatic carbocycles. The van der Waals surface area contributed by atoms with E-state index in [1.807, 2.05) is 31.2 Å². The van der Waals surface area contributed by atoms with Gasteiger partial charge in [0.25, 0.3) is 0 Å². The molecule has 4 nitrogen and oxygen atoms in total. The molecule has 0 aliphatic carbocycles. The Labute approximate surface area is 94.3 Å². The Hall–Kier alpha value is -1.84. The third-order valence-electron chi connectivity index (χ3n) is 2.17. The molecule has 4 heteroatoms. The van der Waals surface area contributed by atoms with Crippen LogP contribution in [0, 0.1) is 6.92 Å². The highest BCUT2D eigenvalue weighted by Crippen LogP contribution is 2.02. The van der Waals surface area contributed by atoms with Crippen LogP contribution < -0.4 is 10.4 Å². The van der Waals surface area contributed by atoms with Gasteiger partial charge in [-0.05, 0) is 18.9 Å². The van der Waals surface area contributed by atoms with Crippen molar-refractivity contribution in [2.24, 2.45) is 0 Å². The minimum Gasteiger partial charge on any atom is -0.550 e. The maximum atomic E-state index is 11.2. The molecule has 1 N–H and O–H groups in total. The van der Waals surface area contributed by atoms with Gasteiger partial charge in [-0.2, -0.15) is 0 Å². The largest absolute Gasteiger partial charge is 0.550 e. The molecule has 0 saturated heterocycles. The number of hydrogen-bond donors (Lipinski definition) is 1. The third-order valence-corrected chi connectivity index (χ3v) is 2.17. The molecule has 86 valence electrons. The standard InChI is InChI=1S/C12H15NO3/c1-9-2-4-10(5-3-9)8-13-11(14)6-7-12(15)16/h2-5H,6-8H2,1H3,(H,13,14)(H,15,16)/p-1. The molecule has 16 heavy (non-hydrogen) atoms. The summed E-state index contributed by atoms with van der Waals surface area (Å²) >= 11 is 0. The number of carboxylic acid groups (broad SMARTS) is 1. The minimum absolute atomic E-state index is 0.0335. The maximum absolute atomic E-state index is 11.2. The van der Waals surface area contributed by atoms with Gasteiger partial charge in [-0.3, -0.25) is 4.79 Å². The van der Waals surface area contributed by atoms with Crippen LogP contribution in [-0.4, -0.2) is 11.9 Å². The second-order valence-corrected chi connectivity index (χ2v) is 3.63. The zero-order chi connectivity index (χ0) is 12.0. The smallest absolute Gasteiger partial charge is 0.220 e. The van der Waals surface area contributed by atoms with Crippen LogP contribution in [0.4, 0.5) is 0 Å². The first-order valence-electron chi connectivity index (χ1n) is 5.10. The summed E-state index contributed by atoms with van der Waals surface area (Å²) in [4.78, 5) is 21.3. The van der Waals surface area contributed by atoms with E-state index in [0.717, 1.165) is 11.1 Å². The first-order valence-corrected chi connectivity index (χ1v) is 5.10. The zero-order valence-corrected chi connectivity index (χ0v) is 9.16. The Kier molecular flexibility index (Phi) is 4.51. The van der Waals surface area contributed by atoms with Crippen molar-refractivity contribution in [2.75, 3.05) is 0 Å². The van der Waals surface area contributed by atoms with Gasteiger partial charge in [-0.1, -0.05) is 29.8 Å². The molecule has 1 aromatic rings. The van der Waals surface area contributed by atoms with Crippen LogP contribution in [0.5, 0.6) is 0 Å². The molecule has 0 unspecified atom stereocenters. The van der Waals surface area contributed by atoms with E-state index in [2.05, 4.69) is 5.32 Å². The number of benzene rings is 1. The van der Waals surface area contributed by atoms with E-state index in [0.29, 0.717) is 6.54 Å². The van der Waals surface area contributed by atoms with Gasteiger partial charge in [0.2, 0.25) is 5.91 Å². The fraction of sp³-hybridized carbons (Fsp3) is 0.333. The molecule has 1 rings (SSSR count). The fourth-order valence-corrected chi connectivity index (χ4v) is 1.21. The summed E-state index contributed by atoms with van der Waals surface area (Å²) in [5.41, 5.74) is 2.15. The van der Waals surface area contributed by atoms with Crippen LogP contribution >= 0.6 is 0 Å². The van der Waals surface area contributed by atoms with Gasteiger partial charge in [0.15, 0.2) is 0 Å². The average molecular weight is 220 g/mol. The molecule has 0 aliphatic heterocycles. The van der Waals surface area contributed by atoms with E-state index in [1.165, 1.54) is 0 Å². The lowest BCUT2D eigenvalue weighted by Crippen LogP contribution is -2.27. The summed E-state index contributed by atoms with van der Waals surface area (Å²) in [5.74, 6) is -1.48. The summed E-state index contributed by atoms with van der Waals surface area (Å²) in [6, 6.07) is 7.77. The molecule has 0 radical (unpaired) electrons. The van der Waals surface area contributed by atoms with Crippen molar-refractivity contribution < 1.29 is 14.7 Å². The van der Waals surface area contributed by atoms with E-state index in [-0.39, 0.29) is 18.7 Å². The quantitative estimate of drug-likeness (QED) is 0.767. The molecule has 0 heterocycles. The van der Waals surface area contributed by atoms with Gasteiger partial charge in [-0.15, -0.1) is 0 Å². The highest BCUT2D eigenvalue weighted by molar-refractivity contribution is 5.79. The molecule has 0 spiro atoms. The van der Waals surface area contributed by atoms with Crippen LogP contribution in [0.3, 0.4) is 0 Å². The molecule has 0 aliphatic rings. The Morgan fingerprint density at radius 3 is 2.38 bits per heavy atom. The van der Waals surface area contributed by atoms with Gasteiger partial charge in [0.1, 0.15) is 0 Å². The second-order valence-electron chi connectivity index (χ2n) is 3.63. The van der Waals surface area contributed by atoms with Crippen LogP contribution in [0.2, 0.25) is 0 Å². The number of amides is 1. The van der Waals surface area contributed by atoms with Crippen LogP contribution in [0.25, 0.3) is 0 Å². The predicted molar refractivity (Wildman–Crippen MR) is 57.3 cm³/mol. The van der Waals surface area contributed by atoms with Gasteiger partial charge in [-0.25, -0.2) is 0 Å². The topological polar surface area (TPSA) is 69.2 Å². The first kappa shape index (κ1) is 12.2. The number of carbonyl (C=O) groups excluding carboxylic acids is 2. The number of hydrogen-bond acceptors (Lipinski definition) is 3. The maximum Gasteiger partial charge on any atom is 0.220 e. The number of aliphatic carboxylic acids is 1. The molecule has 0 aromatic heterocycles. The normalized spacial score (nSPS) is 9.81. The second kappa shape index (κ2) is 5.90. The van der Waals surface area contributed by atoms with E-state index in [9.17, 15) is 14.7 Å². The van der Waals surface area contributed by atoms with Crippen molar-refractivity contribution in [3.63, 3.8) is 0 Å². The lowest BCUT2D eigenvalue weighted by atomic mass is 10.1. The summed E-state index contributed by atoms with van der Waals surface area (Å²) in [5, 5.41) is 12.8. The van der Waals surface area contributed by atoms with Crippen molar-refractivity contribution >= 4 is 11.9 Å². The van der Waals surface area contributed by atoms with E-state index in [4.69, 9.17) is 0 Å². The first-order chi connectivity index (χ1) is 7.58. The number of nitrogens with one attached hydrogen (secondary N) is 1. The number of aryl methyl sites for hydroxylation is 1. The molecule has 0 atom stereocenters. The molecule has 0 fully saturated rings. The molecule has 0 bridgehead atoms. The Morgan fingerprint density at radius 1 is 1.19 bits per heavy atom. The number of rotatable bonds is 5. The van der Waals surface area contributed by atoms with E-state index < -0.39 is 5.97 Å². The fourth-order valence-electron chi connectivity index (χ4n) is 1.21. The Morgan fingerprint density at radius 2 is 1.81 bits per heavy atom. The van der Waals surface area contributed by atoms with Gasteiger partial charge >= 0.3 is 0 Å². The van der Waals surface area contributed by atoms with Gasteiger partial charge < -0.3 is 15.2 Å². The molecule has 0 saturated carbocycles. The summed E-state index contributed by atoms with van der Waals surface area (Å²) in [7, 11) is 0. The monoisotopic (exact) mass is 220 g/mol. The number of carbonyl (C=O) groups is 2. The molecule has 1 amide bonds. The van der Waals surface area contributed by atoms with Crippen molar-refractivity contribution in [3.8, 4) is 0 Å². The lowest BCUT2D eigenvalue weighted by molar-refractivity contribution is -0.305. The Balaban J connectivity index is 2.31. The molecular formula is C12H14NO3-. The SMILES string of the molecule is Cc1ccc(CNC(=O)CCC(=O)[O-])cc1. The average Bonchev–Trinajstić information content (AvgIpc) is 2.25. The predicted octanol–water partition coefficient (Wildman–Crippen LogP) is 0.141. The van der Waals surface area contributed by atoms with Crippen molar-refractivity contribution in [1.82, 2.24) is 5.32 Å². The third kappa shape index (κ3) is 4.59. The zero-order valence-electron chi connectivity index (χ0n) is 9.16.